The van der Waals surface area contributed by atoms with Crippen LogP contribution in [0.25, 0.3) is 5.57 Å². The highest BCUT2D eigenvalue weighted by molar-refractivity contribution is 7.91. The number of hydrogen-bond acceptors (Lipinski definition) is 5. The van der Waals surface area contributed by atoms with Gasteiger partial charge in [-0.25, -0.2) is 13.2 Å². The fourth-order valence-electron chi connectivity index (χ4n) is 14.0. The van der Waals surface area contributed by atoms with Crippen molar-refractivity contribution in [2.75, 3.05) is 31.3 Å². The van der Waals surface area contributed by atoms with Gasteiger partial charge in [0.05, 0.1) is 11.3 Å². The summed E-state index contributed by atoms with van der Waals surface area (Å²) in [5.74, 6) is 1.99. The Morgan fingerprint density at radius 1 is 0.941 bits per heavy atom. The molecule has 8 heteroatoms. The first-order valence-corrected chi connectivity index (χ1v) is 21.6. The minimum absolute atomic E-state index is 0.00880. The molecule has 1 amide bonds. The summed E-state index contributed by atoms with van der Waals surface area (Å²) in [7, 11) is -3.12. The van der Waals surface area contributed by atoms with E-state index in [1.165, 1.54) is 67.4 Å². The molecule has 2 N–H and O–H groups in total. The maximum Gasteiger partial charge on any atom is 0.335 e. The number of sulfone groups is 1. The fraction of sp³-hybridized carbons (Fsp3) is 0.721. The number of carboxylic acid groups (broad SMARTS) is 1. The molecular weight excluding hydrogens is 657 g/mol. The molecule has 51 heavy (non-hydrogen) atoms. The monoisotopic (exact) mass is 718 g/mol. The van der Waals surface area contributed by atoms with E-state index in [9.17, 15) is 23.1 Å². The van der Waals surface area contributed by atoms with Gasteiger partial charge in [-0.3, -0.25) is 4.79 Å². The van der Waals surface area contributed by atoms with E-state index in [1.807, 2.05) is 12.1 Å². The Bertz CT molecular complexity index is 1730. The molecule has 1 aromatic rings. The van der Waals surface area contributed by atoms with Crippen LogP contribution in [0.5, 0.6) is 0 Å². The number of carbonyl (C=O) groups excluding carboxylic acids is 1. The minimum atomic E-state index is -3.12. The van der Waals surface area contributed by atoms with Crippen molar-refractivity contribution in [1.29, 1.82) is 0 Å². The van der Waals surface area contributed by atoms with E-state index in [0.717, 1.165) is 18.5 Å². The highest BCUT2D eigenvalue weighted by atomic mass is 32.2. The number of carbonyl (C=O) groups is 2. The average Bonchev–Trinajstić information content (AvgIpc) is 3.63. The molecule has 280 valence electrons. The molecule has 5 aliphatic carbocycles. The first-order chi connectivity index (χ1) is 23.9. The molecule has 0 radical (unpaired) electrons. The van der Waals surface area contributed by atoms with Crippen molar-refractivity contribution in [3.63, 3.8) is 0 Å². The van der Waals surface area contributed by atoms with Crippen molar-refractivity contribution < 1.29 is 23.1 Å². The first kappa shape index (κ1) is 36.9. The molecule has 1 aliphatic heterocycles. The fourth-order valence-corrected chi connectivity index (χ4v) is 15.4. The van der Waals surface area contributed by atoms with Gasteiger partial charge in [0, 0.05) is 26.1 Å². The summed E-state index contributed by atoms with van der Waals surface area (Å²) in [5, 5.41) is 13.2. The summed E-state index contributed by atoms with van der Waals surface area (Å²) >= 11 is 0. The average molecular weight is 719 g/mol. The zero-order chi connectivity index (χ0) is 36.8. The summed E-state index contributed by atoms with van der Waals surface area (Å²) in [6.07, 6.45) is 13.8. The quantitative estimate of drug-likeness (QED) is 0.207. The van der Waals surface area contributed by atoms with E-state index in [1.54, 1.807) is 12.1 Å². The third-order valence-electron chi connectivity index (χ3n) is 16.6. The van der Waals surface area contributed by atoms with Gasteiger partial charge in [-0.2, -0.15) is 0 Å². The maximum absolute atomic E-state index is 12.8. The van der Waals surface area contributed by atoms with Crippen molar-refractivity contribution in [2.24, 2.45) is 56.7 Å². The SMILES string of the molecule is C=C(C)[C@@H]1CC[C@]2(CNCCC(=O)N3CCS(=O)(=O)C3)CC[C@]3(C)[C@H](CC[C@@H]4[C@@]5(C)CC=C(c6ccc(C(=O)O)cc6)C(C)(C)[C@@H]5CC[C@]43C)[C@@H]12. The van der Waals surface area contributed by atoms with Gasteiger partial charge >= 0.3 is 5.97 Å². The standard InChI is InChI=1S/C43H62N2O5S/c1-28(2)31-14-20-43(26-44-23-17-36(46)45-24-25-51(49,50)27-45)22-21-41(6)33(37(31)43)12-13-35-40(5)18-15-32(29-8-10-30(11-9-29)38(47)48)39(3,4)34(40)16-19-42(35,41)7/h8-11,15,31,33-35,37,44H,1,12-14,16-27H2,2-7H3,(H,47,48)/t31-,33+,34-,35+,37+,40-,41+,42+,43+/m0/s1. The summed E-state index contributed by atoms with van der Waals surface area (Å²) in [6, 6.07) is 7.54. The number of fused-ring (bicyclic) bond motifs is 7. The van der Waals surface area contributed by atoms with Crippen LogP contribution in [0.15, 0.2) is 42.5 Å². The Morgan fingerprint density at radius 2 is 1.67 bits per heavy atom. The molecule has 5 fully saturated rings. The van der Waals surface area contributed by atoms with Gasteiger partial charge in [0.2, 0.25) is 5.91 Å². The van der Waals surface area contributed by atoms with Gasteiger partial charge in [0.1, 0.15) is 5.88 Å². The predicted octanol–water partition coefficient (Wildman–Crippen LogP) is 8.23. The number of rotatable bonds is 8. The van der Waals surface area contributed by atoms with Crippen LogP contribution in [0.4, 0.5) is 0 Å². The number of aromatic carboxylic acids is 1. The number of hydrogen-bond donors (Lipinski definition) is 2. The van der Waals surface area contributed by atoms with Crippen molar-refractivity contribution in [1.82, 2.24) is 10.2 Å². The molecule has 7 nitrogen and oxygen atoms in total. The van der Waals surface area contributed by atoms with Gasteiger partial charge in [-0.05, 0) is 145 Å². The lowest BCUT2D eigenvalue weighted by Crippen LogP contribution is -2.65. The highest BCUT2D eigenvalue weighted by Gasteiger charge is 2.70. The zero-order valence-electron chi connectivity index (χ0n) is 32.0. The van der Waals surface area contributed by atoms with Gasteiger partial charge < -0.3 is 15.3 Å². The van der Waals surface area contributed by atoms with Crippen molar-refractivity contribution in [3.05, 3.63) is 53.6 Å². The van der Waals surface area contributed by atoms with Crippen molar-refractivity contribution in [2.45, 2.75) is 106 Å². The zero-order valence-corrected chi connectivity index (χ0v) is 32.8. The number of nitrogens with one attached hydrogen (secondary N) is 1. The largest absolute Gasteiger partial charge is 0.478 e. The van der Waals surface area contributed by atoms with Crippen LogP contribution in [0, 0.1) is 56.7 Å². The second-order valence-electron chi connectivity index (χ2n) is 19.1. The molecule has 7 rings (SSSR count). The van der Waals surface area contributed by atoms with E-state index in [-0.39, 0.29) is 44.6 Å². The van der Waals surface area contributed by atoms with Crippen LogP contribution < -0.4 is 5.32 Å². The molecule has 1 saturated heterocycles. The third-order valence-corrected chi connectivity index (χ3v) is 18.1. The molecule has 1 heterocycles. The number of nitrogens with zero attached hydrogens (tertiary/aromatic N) is 1. The number of benzene rings is 1. The lowest BCUT2D eigenvalue weighted by molar-refractivity contribution is -0.225. The minimum Gasteiger partial charge on any atom is -0.478 e. The number of allylic oxidation sites excluding steroid dienone is 3. The van der Waals surface area contributed by atoms with Crippen LogP contribution in [0.1, 0.15) is 122 Å². The lowest BCUT2D eigenvalue weighted by atomic mass is 9.32. The van der Waals surface area contributed by atoms with Crippen LogP contribution in [0.2, 0.25) is 0 Å². The van der Waals surface area contributed by atoms with E-state index < -0.39 is 15.8 Å². The molecule has 0 aromatic heterocycles. The van der Waals surface area contributed by atoms with Crippen LogP contribution in [-0.2, 0) is 14.6 Å². The third kappa shape index (κ3) is 5.70. The van der Waals surface area contributed by atoms with Crippen molar-refractivity contribution >= 4 is 27.3 Å². The first-order valence-electron chi connectivity index (χ1n) is 19.8. The van der Waals surface area contributed by atoms with Crippen LogP contribution in [0.3, 0.4) is 0 Å². The van der Waals surface area contributed by atoms with Gasteiger partial charge in [0.25, 0.3) is 0 Å². The summed E-state index contributed by atoms with van der Waals surface area (Å²) in [5.41, 5.74) is 5.11. The normalized spacial score (nSPS) is 40.7. The second-order valence-corrected chi connectivity index (χ2v) is 21.3. The van der Waals surface area contributed by atoms with E-state index in [0.29, 0.717) is 54.7 Å². The summed E-state index contributed by atoms with van der Waals surface area (Å²) < 4.78 is 23.8. The summed E-state index contributed by atoms with van der Waals surface area (Å²) in [6.45, 7) is 21.5. The Morgan fingerprint density at radius 3 is 2.31 bits per heavy atom. The number of carboxylic acids is 1. The van der Waals surface area contributed by atoms with Crippen LogP contribution >= 0.6 is 0 Å². The highest BCUT2D eigenvalue weighted by Crippen LogP contribution is 2.77. The summed E-state index contributed by atoms with van der Waals surface area (Å²) in [4.78, 5) is 25.9. The number of amides is 1. The van der Waals surface area contributed by atoms with Gasteiger partial charge in [0.15, 0.2) is 9.84 Å². The topological polar surface area (TPSA) is 104 Å². The van der Waals surface area contributed by atoms with Gasteiger partial charge in [-0.15, -0.1) is 0 Å². The Kier molecular flexibility index (Phi) is 9.09. The van der Waals surface area contributed by atoms with E-state index >= 15 is 0 Å². The van der Waals surface area contributed by atoms with E-state index in [4.69, 9.17) is 0 Å². The van der Waals surface area contributed by atoms with E-state index in [2.05, 4.69) is 59.5 Å². The Labute approximate surface area is 307 Å². The molecule has 0 spiro atoms. The smallest absolute Gasteiger partial charge is 0.335 e. The molecular formula is C43H62N2O5S. The Balaban J connectivity index is 1.12. The second kappa shape index (κ2) is 12.6. The predicted molar refractivity (Wildman–Crippen MR) is 204 cm³/mol. The molecule has 6 aliphatic rings. The van der Waals surface area contributed by atoms with Crippen LogP contribution in [-0.4, -0.2) is 61.6 Å². The van der Waals surface area contributed by atoms with Gasteiger partial charge in [-0.1, -0.05) is 65.0 Å². The molecule has 1 aromatic carbocycles. The van der Waals surface area contributed by atoms with Crippen molar-refractivity contribution in [3.8, 4) is 0 Å². The Hall–Kier alpha value is -2.45. The lowest BCUT2D eigenvalue weighted by Gasteiger charge is -2.72. The molecule has 0 unspecified atom stereocenters. The molecule has 0 bridgehead atoms. The molecule has 4 saturated carbocycles. The molecule has 9 atom stereocenters. The maximum atomic E-state index is 12.8.